The van der Waals surface area contributed by atoms with Gasteiger partial charge in [-0.1, -0.05) is 13.8 Å². The predicted octanol–water partition coefficient (Wildman–Crippen LogP) is 2.98. The lowest BCUT2D eigenvalue weighted by atomic mass is 9.64. The van der Waals surface area contributed by atoms with Gasteiger partial charge in [-0.05, 0) is 18.6 Å². The molecule has 2 atom stereocenters. The SMILES string of the molecule is COC(=O)c1ccc(NC2CC(OC)C2(C)C)c(F)c1F. The minimum Gasteiger partial charge on any atom is -0.465 e. The number of methoxy groups -OCH3 is 2. The highest BCUT2D eigenvalue weighted by Crippen LogP contribution is 2.44. The van der Waals surface area contributed by atoms with Crippen LogP contribution in [0.15, 0.2) is 12.1 Å². The Balaban J connectivity index is 2.20. The van der Waals surface area contributed by atoms with Gasteiger partial charge in [-0.3, -0.25) is 0 Å². The maximum Gasteiger partial charge on any atom is 0.340 e. The second kappa shape index (κ2) is 5.60. The van der Waals surface area contributed by atoms with Crippen LogP contribution in [-0.2, 0) is 9.47 Å². The number of benzene rings is 1. The van der Waals surface area contributed by atoms with Gasteiger partial charge in [0.2, 0.25) is 0 Å². The molecule has 0 saturated heterocycles. The van der Waals surface area contributed by atoms with Crippen LogP contribution in [0.4, 0.5) is 14.5 Å². The zero-order valence-electron chi connectivity index (χ0n) is 12.5. The number of nitrogens with one attached hydrogen (secondary N) is 1. The van der Waals surface area contributed by atoms with Crippen LogP contribution in [0.3, 0.4) is 0 Å². The molecule has 4 nitrogen and oxygen atoms in total. The highest BCUT2D eigenvalue weighted by molar-refractivity contribution is 5.90. The summed E-state index contributed by atoms with van der Waals surface area (Å²) in [7, 11) is 2.75. The largest absolute Gasteiger partial charge is 0.465 e. The lowest BCUT2D eigenvalue weighted by molar-refractivity contribution is -0.0795. The standard InChI is InChI=1S/C15H19F2NO3/c1-15(2)10(7-11(15)20-3)18-9-6-5-8(14(19)21-4)12(16)13(9)17/h5-6,10-11,18H,7H2,1-4H3. The van der Waals surface area contributed by atoms with Gasteiger partial charge in [0, 0.05) is 18.6 Å². The van der Waals surface area contributed by atoms with E-state index in [0.717, 1.165) is 7.11 Å². The molecule has 1 saturated carbocycles. The minimum absolute atomic E-state index is 0.0275. The normalized spacial score (nSPS) is 23.3. The average Bonchev–Trinajstić information content (AvgIpc) is 2.46. The molecule has 0 radical (unpaired) electrons. The molecule has 21 heavy (non-hydrogen) atoms. The first-order valence-corrected chi connectivity index (χ1v) is 6.68. The topological polar surface area (TPSA) is 47.6 Å². The van der Waals surface area contributed by atoms with E-state index in [0.29, 0.717) is 6.42 Å². The van der Waals surface area contributed by atoms with Crippen LogP contribution in [0.25, 0.3) is 0 Å². The molecule has 1 aromatic carbocycles. The minimum atomic E-state index is -1.20. The first-order chi connectivity index (χ1) is 9.82. The summed E-state index contributed by atoms with van der Waals surface area (Å²) in [5.74, 6) is -3.18. The summed E-state index contributed by atoms with van der Waals surface area (Å²) >= 11 is 0. The molecule has 2 rings (SSSR count). The summed E-state index contributed by atoms with van der Waals surface area (Å²) in [5.41, 5.74) is -0.561. The van der Waals surface area contributed by atoms with E-state index in [1.54, 1.807) is 7.11 Å². The summed E-state index contributed by atoms with van der Waals surface area (Å²) in [6.45, 7) is 4.00. The summed E-state index contributed by atoms with van der Waals surface area (Å²) < 4.78 is 37.6. The van der Waals surface area contributed by atoms with Gasteiger partial charge in [0.05, 0.1) is 24.5 Å². The molecule has 1 aliphatic carbocycles. The van der Waals surface area contributed by atoms with Crippen molar-refractivity contribution in [2.45, 2.75) is 32.4 Å². The van der Waals surface area contributed by atoms with Crippen molar-refractivity contribution in [3.05, 3.63) is 29.3 Å². The van der Waals surface area contributed by atoms with Crippen molar-refractivity contribution in [3.8, 4) is 0 Å². The Hall–Kier alpha value is -1.69. The number of esters is 1. The van der Waals surface area contributed by atoms with Crippen LogP contribution in [0.2, 0.25) is 0 Å². The number of hydrogen-bond donors (Lipinski definition) is 1. The molecule has 1 aliphatic rings. The third-order valence-corrected chi connectivity index (χ3v) is 4.28. The van der Waals surface area contributed by atoms with Crippen LogP contribution in [0.1, 0.15) is 30.6 Å². The Morgan fingerprint density at radius 3 is 2.48 bits per heavy atom. The van der Waals surface area contributed by atoms with Crippen molar-refractivity contribution in [1.29, 1.82) is 0 Å². The third-order valence-electron chi connectivity index (χ3n) is 4.28. The van der Waals surface area contributed by atoms with E-state index in [1.165, 1.54) is 12.1 Å². The van der Waals surface area contributed by atoms with Crippen molar-refractivity contribution in [3.63, 3.8) is 0 Å². The molecule has 0 aliphatic heterocycles. The fourth-order valence-corrected chi connectivity index (χ4v) is 2.65. The number of anilines is 1. The molecule has 6 heteroatoms. The molecule has 2 unspecified atom stereocenters. The fourth-order valence-electron chi connectivity index (χ4n) is 2.65. The van der Waals surface area contributed by atoms with Crippen LogP contribution in [0.5, 0.6) is 0 Å². The van der Waals surface area contributed by atoms with Crippen LogP contribution >= 0.6 is 0 Å². The van der Waals surface area contributed by atoms with Gasteiger partial charge in [0.25, 0.3) is 0 Å². The number of rotatable bonds is 4. The van der Waals surface area contributed by atoms with Crippen LogP contribution in [0, 0.1) is 17.0 Å². The molecule has 0 amide bonds. The number of halogens is 2. The van der Waals surface area contributed by atoms with Gasteiger partial charge in [-0.2, -0.15) is 0 Å². The monoisotopic (exact) mass is 299 g/mol. The smallest absolute Gasteiger partial charge is 0.340 e. The number of ether oxygens (including phenoxy) is 2. The molecule has 1 fully saturated rings. The van der Waals surface area contributed by atoms with Gasteiger partial charge in [0.15, 0.2) is 11.6 Å². The highest BCUT2D eigenvalue weighted by atomic mass is 19.2. The Kier molecular flexibility index (Phi) is 4.18. The van der Waals surface area contributed by atoms with Crippen molar-refractivity contribution >= 4 is 11.7 Å². The van der Waals surface area contributed by atoms with Crippen molar-refractivity contribution in [2.75, 3.05) is 19.5 Å². The average molecular weight is 299 g/mol. The summed E-state index contributed by atoms with van der Waals surface area (Å²) in [5, 5.41) is 2.98. The van der Waals surface area contributed by atoms with Crippen molar-refractivity contribution in [1.82, 2.24) is 0 Å². The second-order valence-electron chi connectivity index (χ2n) is 5.76. The Morgan fingerprint density at radius 2 is 1.95 bits per heavy atom. The summed E-state index contributed by atoms with van der Waals surface area (Å²) in [6, 6.07) is 2.53. The molecule has 116 valence electrons. The first-order valence-electron chi connectivity index (χ1n) is 6.68. The lowest BCUT2D eigenvalue weighted by Gasteiger charge is -2.51. The van der Waals surface area contributed by atoms with Gasteiger partial charge >= 0.3 is 5.97 Å². The van der Waals surface area contributed by atoms with E-state index in [4.69, 9.17) is 4.74 Å². The van der Waals surface area contributed by atoms with Gasteiger partial charge < -0.3 is 14.8 Å². The third kappa shape index (κ3) is 2.60. The molecule has 1 aromatic rings. The second-order valence-corrected chi connectivity index (χ2v) is 5.76. The van der Waals surface area contributed by atoms with Gasteiger partial charge in [0.1, 0.15) is 0 Å². The number of hydrogen-bond acceptors (Lipinski definition) is 4. The van der Waals surface area contributed by atoms with E-state index >= 15 is 0 Å². The van der Waals surface area contributed by atoms with E-state index in [-0.39, 0.29) is 23.2 Å². The Morgan fingerprint density at radius 1 is 1.29 bits per heavy atom. The summed E-state index contributed by atoms with van der Waals surface area (Å²) in [6.07, 6.45) is 0.792. The van der Waals surface area contributed by atoms with E-state index in [9.17, 15) is 13.6 Å². The zero-order chi connectivity index (χ0) is 15.8. The number of carbonyl (C=O) groups is 1. The van der Waals surface area contributed by atoms with Gasteiger partial charge in [-0.15, -0.1) is 0 Å². The molecule has 0 aromatic heterocycles. The van der Waals surface area contributed by atoms with Gasteiger partial charge in [-0.25, -0.2) is 13.6 Å². The molecule has 1 N–H and O–H groups in total. The first kappa shape index (κ1) is 15.7. The quantitative estimate of drug-likeness (QED) is 0.868. The predicted molar refractivity (Wildman–Crippen MR) is 74.3 cm³/mol. The van der Waals surface area contributed by atoms with E-state index < -0.39 is 23.2 Å². The zero-order valence-corrected chi connectivity index (χ0v) is 12.5. The van der Waals surface area contributed by atoms with E-state index in [1.807, 2.05) is 13.8 Å². The molecule has 0 bridgehead atoms. The Labute approximate surface area is 122 Å². The lowest BCUT2D eigenvalue weighted by Crippen LogP contribution is -2.57. The Bertz CT molecular complexity index is 560. The van der Waals surface area contributed by atoms with Crippen LogP contribution < -0.4 is 5.32 Å². The highest BCUT2D eigenvalue weighted by Gasteiger charge is 2.48. The van der Waals surface area contributed by atoms with Crippen LogP contribution in [-0.4, -0.2) is 32.3 Å². The maximum absolute atomic E-state index is 14.0. The molecule has 0 heterocycles. The summed E-state index contributed by atoms with van der Waals surface area (Å²) in [4.78, 5) is 11.3. The molecular formula is C15H19F2NO3. The maximum atomic E-state index is 14.0. The van der Waals surface area contributed by atoms with Crippen molar-refractivity contribution in [2.24, 2.45) is 5.41 Å². The fraction of sp³-hybridized carbons (Fsp3) is 0.533. The van der Waals surface area contributed by atoms with Crippen molar-refractivity contribution < 1.29 is 23.0 Å². The molecular weight excluding hydrogens is 280 g/mol. The number of carbonyl (C=O) groups excluding carboxylic acids is 1. The molecule has 0 spiro atoms. The van der Waals surface area contributed by atoms with E-state index in [2.05, 4.69) is 10.1 Å².